The van der Waals surface area contributed by atoms with Crippen molar-refractivity contribution in [2.45, 2.75) is 44.0 Å². The first-order chi connectivity index (χ1) is 12.6. The number of amides is 1. The van der Waals surface area contributed by atoms with Crippen molar-refractivity contribution in [1.29, 1.82) is 0 Å². The van der Waals surface area contributed by atoms with Crippen molar-refractivity contribution >= 4 is 21.9 Å². The van der Waals surface area contributed by atoms with E-state index >= 15 is 0 Å². The average molecular weight is 397 g/mol. The lowest BCUT2D eigenvalue weighted by atomic mass is 9.78. The van der Waals surface area contributed by atoms with Crippen LogP contribution in [0.25, 0.3) is 0 Å². The summed E-state index contributed by atoms with van der Waals surface area (Å²) in [5.41, 5.74) is 0.0883. The van der Waals surface area contributed by atoms with Crippen molar-refractivity contribution in [2.24, 2.45) is 11.8 Å². The standard InChI is InChI=1S/C19H28N2O5S/c1-13-7-5-10-17(14(13)2)20-18(22)12-26-19(23)15-8-6-9-16(11-15)27(24,25)21(3)4/h6,8-9,11,13-14,17H,5,7,10,12H2,1-4H3,(H,20,22)/t13-,14-,17+/m1/s1. The highest BCUT2D eigenvalue weighted by Crippen LogP contribution is 2.29. The Kier molecular flexibility index (Phi) is 7.00. The molecule has 1 amide bonds. The molecule has 1 aliphatic rings. The molecule has 0 saturated heterocycles. The van der Waals surface area contributed by atoms with Crippen LogP contribution in [-0.4, -0.2) is 51.3 Å². The van der Waals surface area contributed by atoms with Gasteiger partial charge in [-0.3, -0.25) is 4.79 Å². The fourth-order valence-electron chi connectivity index (χ4n) is 3.24. The number of nitrogens with zero attached hydrogens (tertiary/aromatic N) is 1. The SMILES string of the molecule is C[C@@H]1[C@H](C)CCC[C@@H]1NC(=O)COC(=O)c1cccc(S(=O)(=O)N(C)C)c1. The van der Waals surface area contributed by atoms with Gasteiger partial charge in [0, 0.05) is 20.1 Å². The summed E-state index contributed by atoms with van der Waals surface area (Å²) in [6.45, 7) is 3.91. The average Bonchev–Trinajstić information content (AvgIpc) is 2.63. The largest absolute Gasteiger partial charge is 0.452 e. The highest BCUT2D eigenvalue weighted by molar-refractivity contribution is 7.89. The molecule has 0 spiro atoms. The molecule has 1 aromatic rings. The van der Waals surface area contributed by atoms with Crippen LogP contribution in [0.5, 0.6) is 0 Å². The van der Waals surface area contributed by atoms with Crippen molar-refractivity contribution < 1.29 is 22.7 Å². The minimum atomic E-state index is -3.65. The van der Waals surface area contributed by atoms with Crippen molar-refractivity contribution in [3.05, 3.63) is 29.8 Å². The van der Waals surface area contributed by atoms with Gasteiger partial charge in [-0.2, -0.15) is 0 Å². The highest BCUT2D eigenvalue weighted by atomic mass is 32.2. The van der Waals surface area contributed by atoms with Gasteiger partial charge in [0.05, 0.1) is 10.5 Å². The predicted molar refractivity (Wildman–Crippen MR) is 102 cm³/mol. The Morgan fingerprint density at radius 3 is 2.59 bits per heavy atom. The molecule has 1 N–H and O–H groups in total. The van der Waals surface area contributed by atoms with Crippen LogP contribution in [-0.2, 0) is 19.6 Å². The molecule has 0 heterocycles. The first kappa shape index (κ1) is 21.4. The molecule has 0 unspecified atom stereocenters. The molecular formula is C19H28N2O5S. The van der Waals surface area contributed by atoms with Gasteiger partial charge < -0.3 is 10.1 Å². The third-order valence-electron chi connectivity index (χ3n) is 5.24. The number of esters is 1. The van der Waals surface area contributed by atoms with E-state index in [1.807, 2.05) is 0 Å². The van der Waals surface area contributed by atoms with Gasteiger partial charge in [0.1, 0.15) is 0 Å². The molecule has 1 fully saturated rings. The number of rotatable bonds is 6. The lowest BCUT2D eigenvalue weighted by molar-refractivity contribution is -0.125. The van der Waals surface area contributed by atoms with Crippen LogP contribution in [0.1, 0.15) is 43.5 Å². The fraction of sp³-hybridized carbons (Fsp3) is 0.579. The second-order valence-corrected chi connectivity index (χ2v) is 9.48. The lowest BCUT2D eigenvalue weighted by Gasteiger charge is -2.34. The highest BCUT2D eigenvalue weighted by Gasteiger charge is 2.28. The molecule has 27 heavy (non-hydrogen) atoms. The zero-order valence-corrected chi connectivity index (χ0v) is 17.1. The Labute approximate surface area is 161 Å². The summed E-state index contributed by atoms with van der Waals surface area (Å²) in [4.78, 5) is 24.3. The molecule has 8 heteroatoms. The summed E-state index contributed by atoms with van der Waals surface area (Å²) in [6.07, 6.45) is 3.16. The minimum absolute atomic E-state index is 0.00332. The summed E-state index contributed by atoms with van der Waals surface area (Å²) in [6, 6.07) is 5.68. The molecule has 3 atom stereocenters. The van der Waals surface area contributed by atoms with Crippen molar-refractivity contribution in [1.82, 2.24) is 9.62 Å². The first-order valence-electron chi connectivity index (χ1n) is 9.12. The maximum Gasteiger partial charge on any atom is 0.338 e. The Morgan fingerprint density at radius 2 is 1.93 bits per heavy atom. The van der Waals surface area contributed by atoms with Gasteiger partial charge in [-0.1, -0.05) is 32.8 Å². The molecule has 1 saturated carbocycles. The smallest absolute Gasteiger partial charge is 0.338 e. The molecule has 0 aromatic heterocycles. The van der Waals surface area contributed by atoms with E-state index in [0.717, 1.165) is 23.6 Å². The second-order valence-electron chi connectivity index (χ2n) is 7.33. The zero-order valence-electron chi connectivity index (χ0n) is 16.3. The van der Waals surface area contributed by atoms with Crippen LogP contribution in [0.4, 0.5) is 0 Å². The van der Waals surface area contributed by atoms with E-state index < -0.39 is 16.0 Å². The van der Waals surface area contributed by atoms with Gasteiger partial charge in [0.25, 0.3) is 5.91 Å². The van der Waals surface area contributed by atoms with E-state index in [1.54, 1.807) is 0 Å². The Bertz CT molecular complexity index is 791. The fourth-order valence-corrected chi connectivity index (χ4v) is 4.19. The normalized spacial score (nSPS) is 23.1. The van der Waals surface area contributed by atoms with Crippen LogP contribution in [0.2, 0.25) is 0 Å². The number of hydrogen-bond donors (Lipinski definition) is 1. The Hall–Kier alpha value is -1.93. The second kappa shape index (κ2) is 8.84. The van der Waals surface area contributed by atoms with Crippen LogP contribution >= 0.6 is 0 Å². The van der Waals surface area contributed by atoms with Gasteiger partial charge in [0.2, 0.25) is 10.0 Å². The Morgan fingerprint density at radius 1 is 1.22 bits per heavy atom. The number of sulfonamides is 1. The van der Waals surface area contributed by atoms with E-state index in [-0.39, 0.29) is 29.0 Å². The number of carbonyl (C=O) groups is 2. The van der Waals surface area contributed by atoms with Crippen LogP contribution in [0.3, 0.4) is 0 Å². The maximum absolute atomic E-state index is 12.2. The van der Waals surface area contributed by atoms with Crippen molar-refractivity contribution in [3.8, 4) is 0 Å². The monoisotopic (exact) mass is 396 g/mol. The Balaban J connectivity index is 1.95. The summed E-state index contributed by atoms with van der Waals surface area (Å²) in [5, 5.41) is 2.94. The molecule has 7 nitrogen and oxygen atoms in total. The number of ether oxygens (including phenoxy) is 1. The van der Waals surface area contributed by atoms with Gasteiger partial charge in [-0.25, -0.2) is 17.5 Å². The molecular weight excluding hydrogens is 368 g/mol. The molecule has 0 bridgehead atoms. The molecule has 2 rings (SSSR count). The first-order valence-corrected chi connectivity index (χ1v) is 10.6. The third kappa shape index (κ3) is 5.29. The van der Waals surface area contributed by atoms with Crippen LogP contribution < -0.4 is 5.32 Å². The molecule has 0 radical (unpaired) electrons. The van der Waals surface area contributed by atoms with Crippen molar-refractivity contribution in [3.63, 3.8) is 0 Å². The molecule has 0 aliphatic heterocycles. The summed E-state index contributed by atoms with van der Waals surface area (Å²) >= 11 is 0. The maximum atomic E-state index is 12.2. The number of hydrogen-bond acceptors (Lipinski definition) is 5. The van der Waals surface area contributed by atoms with Gasteiger partial charge in [0.15, 0.2) is 6.61 Å². The third-order valence-corrected chi connectivity index (χ3v) is 7.05. The predicted octanol–water partition coefficient (Wildman–Crippen LogP) is 2.03. The number of carbonyl (C=O) groups excluding carboxylic acids is 2. The van der Waals surface area contributed by atoms with E-state index in [4.69, 9.17) is 4.74 Å². The van der Waals surface area contributed by atoms with E-state index in [2.05, 4.69) is 19.2 Å². The lowest BCUT2D eigenvalue weighted by Crippen LogP contribution is -2.45. The zero-order chi connectivity index (χ0) is 20.2. The van der Waals surface area contributed by atoms with Crippen LogP contribution in [0.15, 0.2) is 29.2 Å². The summed E-state index contributed by atoms with van der Waals surface area (Å²) in [5.74, 6) is -0.142. The van der Waals surface area contributed by atoms with Gasteiger partial charge in [-0.05, 0) is 36.5 Å². The van der Waals surface area contributed by atoms with Gasteiger partial charge in [-0.15, -0.1) is 0 Å². The molecule has 1 aliphatic carbocycles. The molecule has 1 aromatic carbocycles. The van der Waals surface area contributed by atoms with Gasteiger partial charge >= 0.3 is 5.97 Å². The van der Waals surface area contributed by atoms with Crippen molar-refractivity contribution in [2.75, 3.05) is 20.7 Å². The minimum Gasteiger partial charge on any atom is -0.452 e. The topological polar surface area (TPSA) is 92.8 Å². The molecule has 150 valence electrons. The van der Waals surface area contributed by atoms with E-state index in [0.29, 0.717) is 11.8 Å². The summed E-state index contributed by atoms with van der Waals surface area (Å²) < 4.78 is 30.5. The van der Waals surface area contributed by atoms with Crippen LogP contribution in [0, 0.1) is 11.8 Å². The van der Waals surface area contributed by atoms with E-state index in [9.17, 15) is 18.0 Å². The number of benzene rings is 1. The quantitative estimate of drug-likeness (QED) is 0.743. The summed E-state index contributed by atoms with van der Waals surface area (Å²) in [7, 11) is -0.820. The number of nitrogens with one attached hydrogen (secondary N) is 1. The van der Waals surface area contributed by atoms with E-state index in [1.165, 1.54) is 38.4 Å².